The van der Waals surface area contributed by atoms with Crippen LogP contribution in [0.3, 0.4) is 0 Å². The van der Waals surface area contributed by atoms with E-state index < -0.39 is 0 Å². The molecule has 1 aromatic heterocycles. The monoisotopic (exact) mass is 350 g/mol. The first-order valence-electron chi connectivity index (χ1n) is 7.88. The summed E-state index contributed by atoms with van der Waals surface area (Å²) >= 11 is 0. The molecule has 1 aliphatic rings. The fourth-order valence-electron chi connectivity index (χ4n) is 3.01. The van der Waals surface area contributed by atoms with Gasteiger partial charge in [-0.2, -0.15) is 5.10 Å². The van der Waals surface area contributed by atoms with Gasteiger partial charge in [0.1, 0.15) is 5.75 Å². The van der Waals surface area contributed by atoms with E-state index in [1.807, 2.05) is 42.4 Å². The van der Waals surface area contributed by atoms with Gasteiger partial charge in [-0.05, 0) is 50.2 Å². The van der Waals surface area contributed by atoms with Crippen molar-refractivity contribution in [1.29, 1.82) is 0 Å². The van der Waals surface area contributed by atoms with Crippen molar-refractivity contribution < 1.29 is 9.53 Å². The Labute approximate surface area is 148 Å². The van der Waals surface area contributed by atoms with Crippen LogP contribution >= 0.6 is 12.4 Å². The van der Waals surface area contributed by atoms with Crippen LogP contribution in [0.2, 0.25) is 0 Å². The van der Waals surface area contributed by atoms with Gasteiger partial charge >= 0.3 is 0 Å². The van der Waals surface area contributed by atoms with Crippen LogP contribution in [0.1, 0.15) is 23.3 Å². The number of nitrogens with zero attached hydrogens (tertiary/aromatic N) is 3. The molecule has 1 unspecified atom stereocenters. The lowest BCUT2D eigenvalue weighted by molar-refractivity contribution is 0.0730. The van der Waals surface area contributed by atoms with Crippen LogP contribution in [0.4, 0.5) is 0 Å². The van der Waals surface area contributed by atoms with Crippen LogP contribution in [0.15, 0.2) is 36.5 Å². The zero-order chi connectivity index (χ0) is 16.2. The maximum absolute atomic E-state index is 12.7. The largest absolute Gasteiger partial charge is 0.497 e. The predicted molar refractivity (Wildman–Crippen MR) is 95.3 cm³/mol. The molecule has 1 saturated heterocycles. The van der Waals surface area contributed by atoms with Crippen LogP contribution < -0.4 is 10.1 Å². The highest BCUT2D eigenvalue weighted by Crippen LogP contribution is 2.20. The van der Waals surface area contributed by atoms with Crippen molar-refractivity contribution in [3.8, 4) is 11.4 Å². The lowest BCUT2D eigenvalue weighted by atomic mass is 10.2. The Bertz CT molecular complexity index is 671. The SMILES string of the molecule is CNCC1CCCN1C(=O)c1ccn(-c2ccc(OC)cc2)n1.Cl. The van der Waals surface area contributed by atoms with Gasteiger partial charge in [0.05, 0.1) is 12.8 Å². The topological polar surface area (TPSA) is 59.4 Å². The maximum Gasteiger partial charge on any atom is 0.274 e. The highest BCUT2D eigenvalue weighted by Gasteiger charge is 2.29. The summed E-state index contributed by atoms with van der Waals surface area (Å²) in [5, 5.41) is 7.60. The van der Waals surface area contributed by atoms with Crippen molar-refractivity contribution in [3.05, 3.63) is 42.2 Å². The summed E-state index contributed by atoms with van der Waals surface area (Å²) < 4.78 is 6.87. The number of likely N-dealkylation sites (tertiary alicyclic amines) is 1. The molecule has 1 aromatic carbocycles. The van der Waals surface area contributed by atoms with E-state index >= 15 is 0 Å². The first-order chi connectivity index (χ1) is 11.2. The lowest BCUT2D eigenvalue weighted by Gasteiger charge is -2.23. The summed E-state index contributed by atoms with van der Waals surface area (Å²) in [6.07, 6.45) is 3.92. The number of amides is 1. The average Bonchev–Trinajstić information content (AvgIpc) is 3.24. The van der Waals surface area contributed by atoms with Crippen molar-refractivity contribution in [1.82, 2.24) is 20.0 Å². The molecule has 0 saturated carbocycles. The fraction of sp³-hybridized carbons (Fsp3) is 0.412. The second-order valence-corrected chi connectivity index (χ2v) is 5.70. The molecule has 1 fully saturated rings. The molecule has 0 bridgehead atoms. The van der Waals surface area contributed by atoms with Crippen LogP contribution in [-0.4, -0.2) is 53.9 Å². The van der Waals surface area contributed by atoms with Crippen molar-refractivity contribution >= 4 is 18.3 Å². The van der Waals surface area contributed by atoms with Gasteiger partial charge in [0.25, 0.3) is 5.91 Å². The number of hydrogen-bond acceptors (Lipinski definition) is 4. The zero-order valence-corrected chi connectivity index (χ0v) is 14.8. The van der Waals surface area contributed by atoms with Crippen molar-refractivity contribution in [2.24, 2.45) is 0 Å². The Balaban J connectivity index is 0.00000208. The number of rotatable bonds is 5. The zero-order valence-electron chi connectivity index (χ0n) is 13.9. The molecule has 0 aliphatic carbocycles. The molecule has 7 heteroatoms. The Kier molecular flexibility index (Phi) is 6.23. The highest BCUT2D eigenvalue weighted by molar-refractivity contribution is 5.92. The molecule has 1 N–H and O–H groups in total. The summed E-state index contributed by atoms with van der Waals surface area (Å²) in [4.78, 5) is 14.6. The molecular weight excluding hydrogens is 328 g/mol. The number of hydrogen-bond donors (Lipinski definition) is 1. The van der Waals surface area contributed by atoms with Crippen LogP contribution in [0, 0.1) is 0 Å². The summed E-state index contributed by atoms with van der Waals surface area (Å²) in [6, 6.07) is 9.63. The molecule has 0 spiro atoms. The molecule has 1 amide bonds. The lowest BCUT2D eigenvalue weighted by Crippen LogP contribution is -2.41. The van der Waals surface area contributed by atoms with E-state index in [1.54, 1.807) is 17.9 Å². The van der Waals surface area contributed by atoms with Gasteiger partial charge in [-0.15, -0.1) is 12.4 Å². The summed E-state index contributed by atoms with van der Waals surface area (Å²) in [5.74, 6) is 0.805. The molecule has 6 nitrogen and oxygen atoms in total. The fourth-order valence-corrected chi connectivity index (χ4v) is 3.01. The first kappa shape index (κ1) is 18.3. The number of halogens is 1. The average molecular weight is 351 g/mol. The van der Waals surface area contributed by atoms with Gasteiger partial charge in [-0.25, -0.2) is 4.68 Å². The number of methoxy groups -OCH3 is 1. The quantitative estimate of drug-likeness (QED) is 0.897. The number of likely N-dealkylation sites (N-methyl/N-ethyl adjacent to an activating group) is 1. The Morgan fingerprint density at radius 3 is 2.75 bits per heavy atom. The predicted octanol–water partition coefficient (Wildman–Crippen LogP) is 2.13. The van der Waals surface area contributed by atoms with Gasteiger partial charge in [0.2, 0.25) is 0 Å². The molecule has 2 aromatic rings. The summed E-state index contributed by atoms with van der Waals surface area (Å²) in [7, 11) is 3.55. The Morgan fingerprint density at radius 2 is 2.08 bits per heavy atom. The van der Waals surface area contributed by atoms with E-state index in [4.69, 9.17) is 4.74 Å². The second-order valence-electron chi connectivity index (χ2n) is 5.70. The molecule has 24 heavy (non-hydrogen) atoms. The third-order valence-corrected chi connectivity index (χ3v) is 4.22. The third-order valence-electron chi connectivity index (χ3n) is 4.22. The number of nitrogens with one attached hydrogen (secondary N) is 1. The van der Waals surface area contributed by atoms with E-state index in [1.165, 1.54) is 0 Å². The van der Waals surface area contributed by atoms with Crippen molar-refractivity contribution in [3.63, 3.8) is 0 Å². The minimum atomic E-state index is 0. The van der Waals surface area contributed by atoms with E-state index in [0.29, 0.717) is 5.69 Å². The highest BCUT2D eigenvalue weighted by atomic mass is 35.5. The molecule has 3 rings (SSSR count). The summed E-state index contributed by atoms with van der Waals surface area (Å²) in [6.45, 7) is 1.63. The molecule has 1 aliphatic heterocycles. The van der Waals surface area contributed by atoms with Gasteiger partial charge in [-0.1, -0.05) is 0 Å². The van der Waals surface area contributed by atoms with Gasteiger partial charge in [0.15, 0.2) is 5.69 Å². The minimum Gasteiger partial charge on any atom is -0.497 e. The molecule has 2 heterocycles. The van der Waals surface area contributed by atoms with Crippen LogP contribution in [0.25, 0.3) is 5.69 Å². The molecule has 0 radical (unpaired) electrons. The number of aromatic nitrogens is 2. The maximum atomic E-state index is 12.7. The summed E-state index contributed by atoms with van der Waals surface area (Å²) in [5.41, 5.74) is 1.39. The second kappa shape index (κ2) is 8.17. The van der Waals surface area contributed by atoms with E-state index in [-0.39, 0.29) is 24.4 Å². The number of benzene rings is 1. The number of ether oxygens (including phenoxy) is 1. The van der Waals surface area contributed by atoms with Crippen molar-refractivity contribution in [2.75, 3.05) is 27.2 Å². The van der Waals surface area contributed by atoms with E-state index in [0.717, 1.165) is 37.4 Å². The van der Waals surface area contributed by atoms with Gasteiger partial charge in [0, 0.05) is 25.3 Å². The Hall–Kier alpha value is -2.05. The van der Waals surface area contributed by atoms with Gasteiger partial charge < -0.3 is 15.0 Å². The van der Waals surface area contributed by atoms with Gasteiger partial charge in [-0.3, -0.25) is 4.79 Å². The molecule has 130 valence electrons. The first-order valence-corrected chi connectivity index (χ1v) is 7.88. The minimum absolute atomic E-state index is 0. The number of carbonyl (C=O) groups excluding carboxylic acids is 1. The van der Waals surface area contributed by atoms with E-state index in [9.17, 15) is 4.79 Å². The molecular formula is C17H23ClN4O2. The van der Waals surface area contributed by atoms with Crippen LogP contribution in [0.5, 0.6) is 5.75 Å². The number of carbonyl (C=O) groups is 1. The third kappa shape index (κ3) is 3.71. The van der Waals surface area contributed by atoms with Crippen LogP contribution in [-0.2, 0) is 0 Å². The smallest absolute Gasteiger partial charge is 0.274 e. The molecule has 1 atom stereocenters. The van der Waals surface area contributed by atoms with Crippen molar-refractivity contribution in [2.45, 2.75) is 18.9 Å². The standard InChI is InChI=1S/C17H22N4O2.ClH/c1-18-12-14-4-3-10-20(14)17(22)16-9-11-21(19-16)13-5-7-15(23-2)8-6-13;/h5-9,11,14,18H,3-4,10,12H2,1-2H3;1H. The Morgan fingerprint density at radius 1 is 1.33 bits per heavy atom. The van der Waals surface area contributed by atoms with E-state index in [2.05, 4.69) is 10.4 Å². The normalized spacial score (nSPS) is 16.8.